The van der Waals surface area contributed by atoms with E-state index in [-0.39, 0.29) is 5.41 Å². The van der Waals surface area contributed by atoms with Crippen LogP contribution in [0.4, 0.5) is 0 Å². The third-order valence-electron chi connectivity index (χ3n) is 2.30. The van der Waals surface area contributed by atoms with E-state index >= 15 is 0 Å². The summed E-state index contributed by atoms with van der Waals surface area (Å²) in [6.45, 7) is 9.45. The van der Waals surface area contributed by atoms with Gasteiger partial charge in [0.2, 0.25) is 0 Å². The van der Waals surface area contributed by atoms with Crippen LogP contribution in [-0.2, 0) is 4.79 Å². The van der Waals surface area contributed by atoms with E-state index in [4.69, 9.17) is 10.8 Å². The summed E-state index contributed by atoms with van der Waals surface area (Å²) in [7, 11) is 0. The van der Waals surface area contributed by atoms with Gasteiger partial charge in [0.1, 0.15) is 6.04 Å². The summed E-state index contributed by atoms with van der Waals surface area (Å²) in [5, 5.41) is 8.74. The first-order valence-electron chi connectivity index (χ1n) is 4.40. The number of carboxylic acid groups (broad SMARTS) is 1. The van der Waals surface area contributed by atoms with E-state index in [0.29, 0.717) is 0 Å². The minimum absolute atomic E-state index is 0.370. The molecule has 76 valence electrons. The SMILES string of the molecule is C=C(C)CCC(C)(C)C(N)C(=O)O. The van der Waals surface area contributed by atoms with Gasteiger partial charge in [0.25, 0.3) is 0 Å². The zero-order chi connectivity index (χ0) is 10.6. The molecule has 0 spiro atoms. The molecule has 0 aliphatic carbocycles. The fourth-order valence-corrected chi connectivity index (χ4v) is 1.03. The summed E-state index contributed by atoms with van der Waals surface area (Å²) >= 11 is 0. The van der Waals surface area contributed by atoms with Gasteiger partial charge in [0.05, 0.1) is 0 Å². The Hall–Kier alpha value is -0.830. The second-order valence-electron chi connectivity index (χ2n) is 4.26. The Labute approximate surface area is 79.6 Å². The van der Waals surface area contributed by atoms with Crippen molar-refractivity contribution in [2.24, 2.45) is 11.1 Å². The molecule has 13 heavy (non-hydrogen) atoms. The lowest BCUT2D eigenvalue weighted by Gasteiger charge is -2.28. The molecule has 0 saturated heterocycles. The molecule has 0 aromatic rings. The van der Waals surface area contributed by atoms with Crippen molar-refractivity contribution in [1.29, 1.82) is 0 Å². The van der Waals surface area contributed by atoms with Gasteiger partial charge in [-0.15, -0.1) is 6.58 Å². The number of carboxylic acids is 1. The second-order valence-corrected chi connectivity index (χ2v) is 4.26. The van der Waals surface area contributed by atoms with Crippen molar-refractivity contribution in [3.8, 4) is 0 Å². The Morgan fingerprint density at radius 3 is 2.38 bits per heavy atom. The number of hydrogen-bond donors (Lipinski definition) is 2. The van der Waals surface area contributed by atoms with Gasteiger partial charge in [-0.3, -0.25) is 4.79 Å². The normalized spacial score (nSPS) is 13.8. The summed E-state index contributed by atoms with van der Waals surface area (Å²) in [6.07, 6.45) is 1.59. The Bertz CT molecular complexity index is 209. The number of rotatable bonds is 5. The number of aliphatic carboxylic acids is 1. The average Bonchev–Trinajstić information content (AvgIpc) is 1.99. The van der Waals surface area contributed by atoms with Crippen molar-refractivity contribution in [2.75, 3.05) is 0 Å². The summed E-state index contributed by atoms with van der Waals surface area (Å²) in [4.78, 5) is 10.6. The van der Waals surface area contributed by atoms with Gasteiger partial charge < -0.3 is 10.8 Å². The molecule has 3 heteroatoms. The maximum Gasteiger partial charge on any atom is 0.321 e. The molecule has 3 nitrogen and oxygen atoms in total. The molecule has 0 aliphatic heterocycles. The minimum Gasteiger partial charge on any atom is -0.480 e. The van der Waals surface area contributed by atoms with Crippen LogP contribution in [0.2, 0.25) is 0 Å². The van der Waals surface area contributed by atoms with Gasteiger partial charge >= 0.3 is 5.97 Å². The molecule has 1 atom stereocenters. The standard InChI is InChI=1S/C10H19NO2/c1-7(2)5-6-10(3,4)8(11)9(12)13/h8H,1,5-6,11H2,2-4H3,(H,12,13). The first kappa shape index (κ1) is 12.2. The molecule has 0 aliphatic rings. The van der Waals surface area contributed by atoms with Crippen molar-refractivity contribution in [3.63, 3.8) is 0 Å². The van der Waals surface area contributed by atoms with Gasteiger partial charge in [-0.25, -0.2) is 0 Å². The molecule has 0 heterocycles. The summed E-state index contributed by atoms with van der Waals surface area (Å²) < 4.78 is 0. The summed E-state index contributed by atoms with van der Waals surface area (Å²) in [6, 6.07) is -0.799. The van der Waals surface area contributed by atoms with Crippen LogP contribution < -0.4 is 5.73 Å². The smallest absolute Gasteiger partial charge is 0.321 e. The van der Waals surface area contributed by atoms with E-state index in [1.54, 1.807) is 0 Å². The predicted molar refractivity (Wildman–Crippen MR) is 53.4 cm³/mol. The molecule has 0 fully saturated rings. The third kappa shape index (κ3) is 4.08. The number of allylic oxidation sites excluding steroid dienone is 1. The van der Waals surface area contributed by atoms with Gasteiger partial charge in [-0.1, -0.05) is 19.4 Å². The van der Waals surface area contributed by atoms with E-state index in [9.17, 15) is 4.79 Å². The van der Waals surface area contributed by atoms with Crippen LogP contribution in [0.3, 0.4) is 0 Å². The van der Waals surface area contributed by atoms with E-state index < -0.39 is 12.0 Å². The zero-order valence-corrected chi connectivity index (χ0v) is 8.63. The molecule has 0 saturated carbocycles. The molecular weight excluding hydrogens is 166 g/mol. The molecular formula is C10H19NO2. The molecule has 0 bridgehead atoms. The Balaban J connectivity index is 4.21. The van der Waals surface area contributed by atoms with Gasteiger partial charge in [-0.05, 0) is 25.2 Å². The van der Waals surface area contributed by atoms with Gasteiger partial charge in [0.15, 0.2) is 0 Å². The highest BCUT2D eigenvalue weighted by Gasteiger charge is 2.31. The number of nitrogens with two attached hydrogens (primary N) is 1. The van der Waals surface area contributed by atoms with Crippen molar-refractivity contribution in [1.82, 2.24) is 0 Å². The van der Waals surface area contributed by atoms with E-state index in [1.807, 2.05) is 20.8 Å². The largest absolute Gasteiger partial charge is 0.480 e. The summed E-state index contributed by atoms with van der Waals surface area (Å²) in [5.41, 5.74) is 6.24. The van der Waals surface area contributed by atoms with Crippen LogP contribution in [0.5, 0.6) is 0 Å². The lowest BCUT2D eigenvalue weighted by molar-refractivity contribution is -0.141. The topological polar surface area (TPSA) is 63.3 Å². The molecule has 0 rings (SSSR count). The van der Waals surface area contributed by atoms with Crippen LogP contribution >= 0.6 is 0 Å². The Kier molecular flexibility index (Phi) is 4.14. The van der Waals surface area contributed by atoms with E-state index in [2.05, 4.69) is 6.58 Å². The first-order chi connectivity index (χ1) is 5.77. The minimum atomic E-state index is -0.938. The number of carbonyl (C=O) groups is 1. The van der Waals surface area contributed by atoms with E-state index in [1.165, 1.54) is 0 Å². The van der Waals surface area contributed by atoms with Gasteiger partial charge in [-0.2, -0.15) is 0 Å². The second kappa shape index (κ2) is 4.42. The Morgan fingerprint density at radius 1 is 1.62 bits per heavy atom. The molecule has 3 N–H and O–H groups in total. The molecule has 1 unspecified atom stereocenters. The van der Waals surface area contributed by atoms with Crippen LogP contribution in [0.1, 0.15) is 33.6 Å². The zero-order valence-electron chi connectivity index (χ0n) is 8.63. The fraction of sp³-hybridized carbons (Fsp3) is 0.700. The average molecular weight is 185 g/mol. The van der Waals surface area contributed by atoms with Crippen molar-refractivity contribution in [3.05, 3.63) is 12.2 Å². The monoisotopic (exact) mass is 185 g/mol. The van der Waals surface area contributed by atoms with Crippen LogP contribution in [0.25, 0.3) is 0 Å². The number of hydrogen-bond acceptors (Lipinski definition) is 2. The van der Waals surface area contributed by atoms with E-state index in [0.717, 1.165) is 18.4 Å². The molecule has 0 amide bonds. The fourth-order valence-electron chi connectivity index (χ4n) is 1.03. The van der Waals surface area contributed by atoms with Crippen molar-refractivity contribution < 1.29 is 9.90 Å². The lowest BCUT2D eigenvalue weighted by atomic mass is 9.80. The lowest BCUT2D eigenvalue weighted by Crippen LogP contribution is -2.43. The summed E-state index contributed by atoms with van der Waals surface area (Å²) in [5.74, 6) is -0.938. The highest BCUT2D eigenvalue weighted by molar-refractivity contribution is 5.74. The highest BCUT2D eigenvalue weighted by atomic mass is 16.4. The first-order valence-corrected chi connectivity index (χ1v) is 4.40. The molecule has 0 radical (unpaired) electrons. The maximum absolute atomic E-state index is 10.6. The predicted octanol–water partition coefficient (Wildman–Crippen LogP) is 1.78. The van der Waals surface area contributed by atoms with Crippen LogP contribution in [-0.4, -0.2) is 17.1 Å². The highest BCUT2D eigenvalue weighted by Crippen LogP contribution is 2.27. The quantitative estimate of drug-likeness (QED) is 0.642. The van der Waals surface area contributed by atoms with Gasteiger partial charge in [0, 0.05) is 0 Å². The van der Waals surface area contributed by atoms with Crippen LogP contribution in [0.15, 0.2) is 12.2 Å². The van der Waals surface area contributed by atoms with Crippen LogP contribution in [0, 0.1) is 5.41 Å². The molecule has 0 aromatic carbocycles. The maximum atomic E-state index is 10.6. The van der Waals surface area contributed by atoms with Crippen molar-refractivity contribution >= 4 is 5.97 Å². The van der Waals surface area contributed by atoms with Crippen molar-refractivity contribution in [2.45, 2.75) is 39.7 Å². The molecule has 0 aromatic heterocycles. The third-order valence-corrected chi connectivity index (χ3v) is 2.30. The Morgan fingerprint density at radius 2 is 2.08 bits per heavy atom.